The van der Waals surface area contributed by atoms with Crippen LogP contribution in [0.3, 0.4) is 0 Å². The normalized spacial score (nSPS) is 13.7. The molecular formula is C21H25N3O3. The van der Waals surface area contributed by atoms with E-state index in [9.17, 15) is 9.59 Å². The van der Waals surface area contributed by atoms with Crippen molar-refractivity contribution in [3.05, 3.63) is 54.1 Å². The lowest BCUT2D eigenvalue weighted by Gasteiger charge is -2.30. The highest BCUT2D eigenvalue weighted by molar-refractivity contribution is 5.95. The van der Waals surface area contributed by atoms with Crippen molar-refractivity contribution in [3.63, 3.8) is 0 Å². The number of hydrogen-bond donors (Lipinski definition) is 2. The van der Waals surface area contributed by atoms with Crippen LogP contribution in [0.15, 0.2) is 48.5 Å². The summed E-state index contributed by atoms with van der Waals surface area (Å²) in [5.41, 5.74) is 3.20. The quantitative estimate of drug-likeness (QED) is 0.765. The maximum Gasteiger partial charge on any atom is 0.337 e. The number of piperidine rings is 1. The van der Waals surface area contributed by atoms with Gasteiger partial charge in [-0.25, -0.2) is 4.79 Å². The van der Waals surface area contributed by atoms with Crippen molar-refractivity contribution in [1.82, 2.24) is 0 Å². The van der Waals surface area contributed by atoms with Gasteiger partial charge in [-0.05, 0) is 55.7 Å². The Kier molecular flexibility index (Phi) is 6.30. The van der Waals surface area contributed by atoms with Crippen LogP contribution in [0.4, 0.5) is 17.1 Å². The van der Waals surface area contributed by atoms with E-state index in [1.807, 2.05) is 18.2 Å². The highest BCUT2D eigenvalue weighted by Crippen LogP contribution is 2.28. The third-order valence-corrected chi connectivity index (χ3v) is 4.63. The fourth-order valence-electron chi connectivity index (χ4n) is 3.22. The number of methoxy groups -OCH3 is 1. The Morgan fingerprint density at radius 3 is 2.41 bits per heavy atom. The van der Waals surface area contributed by atoms with Crippen LogP contribution in [0.5, 0.6) is 0 Å². The van der Waals surface area contributed by atoms with Crippen LogP contribution in [-0.4, -0.2) is 38.6 Å². The summed E-state index contributed by atoms with van der Waals surface area (Å²) < 4.78 is 4.67. The van der Waals surface area contributed by atoms with Gasteiger partial charge in [-0.2, -0.15) is 0 Å². The van der Waals surface area contributed by atoms with Crippen molar-refractivity contribution >= 4 is 28.9 Å². The summed E-state index contributed by atoms with van der Waals surface area (Å²) in [5.74, 6) is -0.543. The van der Waals surface area contributed by atoms with Crippen molar-refractivity contribution in [3.8, 4) is 0 Å². The second kappa shape index (κ2) is 9.07. The number of ether oxygens (including phenoxy) is 1. The van der Waals surface area contributed by atoms with Gasteiger partial charge in [0.15, 0.2) is 0 Å². The van der Waals surface area contributed by atoms with E-state index in [-0.39, 0.29) is 12.5 Å². The fraction of sp³-hybridized carbons (Fsp3) is 0.333. The van der Waals surface area contributed by atoms with E-state index in [1.165, 1.54) is 26.4 Å². The molecule has 0 atom stereocenters. The number of rotatable bonds is 6. The van der Waals surface area contributed by atoms with Crippen molar-refractivity contribution < 1.29 is 14.3 Å². The largest absolute Gasteiger partial charge is 0.465 e. The first-order chi connectivity index (χ1) is 13.2. The van der Waals surface area contributed by atoms with Gasteiger partial charge in [-0.3, -0.25) is 4.79 Å². The summed E-state index contributed by atoms with van der Waals surface area (Å²) >= 11 is 0. The first-order valence-electron chi connectivity index (χ1n) is 9.23. The van der Waals surface area contributed by atoms with E-state index in [0.29, 0.717) is 11.3 Å². The molecule has 0 bridgehead atoms. The molecule has 1 aliphatic heterocycles. The molecule has 0 radical (unpaired) electrons. The van der Waals surface area contributed by atoms with Gasteiger partial charge in [-0.15, -0.1) is 0 Å². The predicted octanol–water partition coefficient (Wildman–Crippen LogP) is 3.51. The number of carbonyl (C=O) groups excluding carboxylic acids is 2. The molecule has 1 heterocycles. The third kappa shape index (κ3) is 5.00. The minimum atomic E-state index is -0.399. The number of amides is 1. The van der Waals surface area contributed by atoms with Crippen LogP contribution < -0.4 is 15.5 Å². The van der Waals surface area contributed by atoms with Gasteiger partial charge in [0.05, 0.1) is 30.6 Å². The van der Waals surface area contributed by atoms with Crippen LogP contribution in [0.1, 0.15) is 29.6 Å². The topological polar surface area (TPSA) is 70.7 Å². The average Bonchev–Trinajstić information content (AvgIpc) is 2.73. The molecule has 1 amide bonds. The molecule has 0 spiro atoms. The van der Waals surface area contributed by atoms with Crippen molar-refractivity contribution in [2.75, 3.05) is 42.3 Å². The smallest absolute Gasteiger partial charge is 0.337 e. The molecule has 1 saturated heterocycles. The minimum absolute atomic E-state index is 0.144. The standard InChI is InChI=1S/C21H25N3O3/c1-27-21(26)16-9-11-17(12-10-16)23-20(25)15-22-18-7-3-4-8-19(18)24-13-5-2-6-14-24/h3-4,7-12,22H,2,5-6,13-15H2,1H3,(H,23,25). The lowest BCUT2D eigenvalue weighted by Crippen LogP contribution is -2.30. The minimum Gasteiger partial charge on any atom is -0.465 e. The van der Waals surface area contributed by atoms with Gasteiger partial charge in [0, 0.05) is 18.8 Å². The number of esters is 1. The van der Waals surface area contributed by atoms with E-state index in [2.05, 4.69) is 26.3 Å². The molecule has 2 aromatic rings. The van der Waals surface area contributed by atoms with Crippen molar-refractivity contribution in [2.45, 2.75) is 19.3 Å². The maximum absolute atomic E-state index is 12.3. The fourth-order valence-corrected chi connectivity index (χ4v) is 3.22. The zero-order chi connectivity index (χ0) is 19.1. The first kappa shape index (κ1) is 18.8. The average molecular weight is 367 g/mol. The summed E-state index contributed by atoms with van der Waals surface area (Å²) in [7, 11) is 1.34. The molecule has 6 heteroatoms. The first-order valence-corrected chi connectivity index (χ1v) is 9.23. The van der Waals surface area contributed by atoms with Gasteiger partial charge in [-0.1, -0.05) is 12.1 Å². The van der Waals surface area contributed by atoms with Gasteiger partial charge in [0.1, 0.15) is 0 Å². The zero-order valence-electron chi connectivity index (χ0n) is 15.5. The Labute approximate surface area is 159 Å². The number of para-hydroxylation sites is 2. The number of nitrogens with one attached hydrogen (secondary N) is 2. The molecule has 142 valence electrons. The van der Waals surface area contributed by atoms with Crippen LogP contribution in [-0.2, 0) is 9.53 Å². The summed E-state index contributed by atoms with van der Waals surface area (Å²) in [6.07, 6.45) is 3.69. The van der Waals surface area contributed by atoms with Crippen LogP contribution in [0, 0.1) is 0 Å². The van der Waals surface area contributed by atoms with Gasteiger partial charge in [0.2, 0.25) is 5.91 Å². The molecule has 1 aliphatic rings. The number of hydrogen-bond acceptors (Lipinski definition) is 5. The van der Waals surface area contributed by atoms with Crippen molar-refractivity contribution in [2.24, 2.45) is 0 Å². The summed E-state index contributed by atoms with van der Waals surface area (Å²) in [4.78, 5) is 26.1. The Balaban J connectivity index is 1.57. The van der Waals surface area contributed by atoms with Crippen LogP contribution >= 0.6 is 0 Å². The molecule has 6 nitrogen and oxygen atoms in total. The SMILES string of the molecule is COC(=O)c1ccc(NC(=O)CNc2ccccc2N2CCCCC2)cc1. The number of anilines is 3. The predicted molar refractivity (Wildman–Crippen MR) is 107 cm³/mol. The van der Waals surface area contributed by atoms with E-state index >= 15 is 0 Å². The highest BCUT2D eigenvalue weighted by atomic mass is 16.5. The molecule has 3 rings (SSSR count). The maximum atomic E-state index is 12.3. The van der Waals surface area contributed by atoms with Gasteiger partial charge >= 0.3 is 5.97 Å². The third-order valence-electron chi connectivity index (χ3n) is 4.63. The second-order valence-corrected chi connectivity index (χ2v) is 6.54. The van der Waals surface area contributed by atoms with E-state index in [4.69, 9.17) is 0 Å². The Morgan fingerprint density at radius 2 is 1.70 bits per heavy atom. The van der Waals surface area contributed by atoms with E-state index in [1.54, 1.807) is 24.3 Å². The number of carbonyl (C=O) groups is 2. The molecule has 0 aliphatic carbocycles. The molecule has 0 saturated carbocycles. The van der Waals surface area contributed by atoms with Gasteiger partial charge < -0.3 is 20.3 Å². The lowest BCUT2D eigenvalue weighted by atomic mass is 10.1. The van der Waals surface area contributed by atoms with Gasteiger partial charge in [0.25, 0.3) is 0 Å². The second-order valence-electron chi connectivity index (χ2n) is 6.54. The molecule has 0 unspecified atom stereocenters. The molecule has 27 heavy (non-hydrogen) atoms. The van der Waals surface area contributed by atoms with E-state index in [0.717, 1.165) is 24.5 Å². The number of benzene rings is 2. The van der Waals surface area contributed by atoms with Crippen LogP contribution in [0.25, 0.3) is 0 Å². The monoisotopic (exact) mass is 367 g/mol. The summed E-state index contributed by atoms with van der Waals surface area (Å²) in [6.45, 7) is 2.28. The highest BCUT2D eigenvalue weighted by Gasteiger charge is 2.14. The lowest BCUT2D eigenvalue weighted by molar-refractivity contribution is -0.114. The van der Waals surface area contributed by atoms with Crippen LogP contribution in [0.2, 0.25) is 0 Å². The molecular weight excluding hydrogens is 342 g/mol. The molecule has 0 aromatic heterocycles. The van der Waals surface area contributed by atoms with E-state index < -0.39 is 5.97 Å². The molecule has 1 fully saturated rings. The summed E-state index contributed by atoms with van der Waals surface area (Å²) in [5, 5.41) is 6.07. The zero-order valence-corrected chi connectivity index (χ0v) is 15.5. The molecule has 2 N–H and O–H groups in total. The Hall–Kier alpha value is -3.02. The summed E-state index contributed by atoms with van der Waals surface area (Å²) in [6, 6.07) is 14.7. The Bertz CT molecular complexity index is 784. The number of nitrogens with zero attached hydrogens (tertiary/aromatic N) is 1. The van der Waals surface area contributed by atoms with Crippen molar-refractivity contribution in [1.29, 1.82) is 0 Å². The molecule has 2 aromatic carbocycles. The Morgan fingerprint density at radius 1 is 1.00 bits per heavy atom.